The summed E-state index contributed by atoms with van der Waals surface area (Å²) in [5.41, 5.74) is 4.78. The zero-order chi connectivity index (χ0) is 16.8. The van der Waals surface area contributed by atoms with Gasteiger partial charge in [0.2, 0.25) is 0 Å². The molecule has 2 N–H and O–H groups in total. The van der Waals surface area contributed by atoms with Gasteiger partial charge in [0, 0.05) is 18.0 Å². The van der Waals surface area contributed by atoms with Crippen LogP contribution in [0, 0.1) is 0 Å². The number of hydrogen-bond acceptors (Lipinski definition) is 4. The number of hydrazone groups is 1. The molecule has 0 aliphatic rings. The fourth-order valence-corrected chi connectivity index (χ4v) is 2.18. The van der Waals surface area contributed by atoms with Crippen LogP contribution in [-0.2, 0) is 6.54 Å². The maximum Gasteiger partial charge on any atom is 0.271 e. The Kier molecular flexibility index (Phi) is 4.67. The highest BCUT2D eigenvalue weighted by molar-refractivity contribution is 5.95. The molecule has 0 saturated heterocycles. The lowest BCUT2D eigenvalue weighted by atomic mass is 10.1. The van der Waals surface area contributed by atoms with Gasteiger partial charge in [0.15, 0.2) is 0 Å². The molecule has 0 radical (unpaired) electrons. The van der Waals surface area contributed by atoms with Gasteiger partial charge < -0.3 is 5.11 Å². The zero-order valence-electron chi connectivity index (χ0n) is 12.8. The second-order valence-corrected chi connectivity index (χ2v) is 5.19. The molecule has 120 valence electrons. The molecule has 0 unspecified atom stereocenters. The van der Waals surface area contributed by atoms with E-state index < -0.39 is 0 Å². The van der Waals surface area contributed by atoms with Crippen molar-refractivity contribution in [2.45, 2.75) is 6.54 Å². The van der Waals surface area contributed by atoms with Crippen LogP contribution in [0.15, 0.2) is 72.1 Å². The number of amides is 1. The molecule has 1 aromatic heterocycles. The monoisotopic (exact) mass is 320 g/mol. The Hall–Kier alpha value is -3.41. The van der Waals surface area contributed by atoms with E-state index in [0.717, 1.165) is 11.1 Å². The number of hydrogen-bond donors (Lipinski definition) is 2. The van der Waals surface area contributed by atoms with E-state index in [9.17, 15) is 9.90 Å². The van der Waals surface area contributed by atoms with E-state index in [-0.39, 0.29) is 11.7 Å². The van der Waals surface area contributed by atoms with Crippen molar-refractivity contribution in [3.63, 3.8) is 0 Å². The van der Waals surface area contributed by atoms with E-state index in [4.69, 9.17) is 0 Å². The first kappa shape index (κ1) is 15.5. The van der Waals surface area contributed by atoms with Gasteiger partial charge in [0.25, 0.3) is 5.91 Å². The molecule has 3 rings (SSSR count). The third-order valence-corrected chi connectivity index (χ3v) is 3.37. The second kappa shape index (κ2) is 7.23. The van der Waals surface area contributed by atoms with Gasteiger partial charge in [-0.2, -0.15) is 10.2 Å². The van der Waals surface area contributed by atoms with E-state index in [0.29, 0.717) is 12.1 Å². The van der Waals surface area contributed by atoms with Gasteiger partial charge in [-0.1, -0.05) is 12.1 Å². The smallest absolute Gasteiger partial charge is 0.271 e. The standard InChI is InChI=1S/C18H16N4O2/c23-17-7-5-14(6-8-17)12-19-21-18(24)16-4-1-3-15(11-16)13-22-10-2-9-20-22/h1-12,23H,13H2,(H,21,24)/b19-12+. The number of phenolic OH excluding ortho intramolecular Hbond substituents is 1. The minimum Gasteiger partial charge on any atom is -0.508 e. The SMILES string of the molecule is O=C(N/N=C/c1ccc(O)cc1)c1cccc(Cn2cccn2)c1. The second-order valence-electron chi connectivity index (χ2n) is 5.19. The number of aromatic hydroxyl groups is 1. The summed E-state index contributed by atoms with van der Waals surface area (Å²) in [6.45, 7) is 0.602. The summed E-state index contributed by atoms with van der Waals surface area (Å²) in [4.78, 5) is 12.2. The molecule has 0 aliphatic heterocycles. The van der Waals surface area contributed by atoms with Crippen LogP contribution in [0.1, 0.15) is 21.5 Å². The Morgan fingerprint density at radius 2 is 2.04 bits per heavy atom. The third kappa shape index (κ3) is 4.07. The molecule has 24 heavy (non-hydrogen) atoms. The van der Waals surface area contributed by atoms with Crippen LogP contribution >= 0.6 is 0 Å². The molecule has 1 heterocycles. The molecule has 6 heteroatoms. The van der Waals surface area contributed by atoms with E-state index >= 15 is 0 Å². The maximum absolute atomic E-state index is 12.2. The van der Waals surface area contributed by atoms with Crippen LogP contribution in [0.3, 0.4) is 0 Å². The number of carbonyl (C=O) groups excluding carboxylic acids is 1. The highest BCUT2D eigenvalue weighted by atomic mass is 16.3. The molecule has 3 aromatic rings. The largest absolute Gasteiger partial charge is 0.508 e. The predicted molar refractivity (Wildman–Crippen MR) is 90.9 cm³/mol. The Balaban J connectivity index is 1.63. The van der Waals surface area contributed by atoms with Gasteiger partial charge in [0.05, 0.1) is 12.8 Å². The van der Waals surface area contributed by atoms with E-state index in [1.165, 1.54) is 6.21 Å². The van der Waals surface area contributed by atoms with Crippen LogP contribution in [-0.4, -0.2) is 27.0 Å². The first-order valence-corrected chi connectivity index (χ1v) is 7.39. The van der Waals surface area contributed by atoms with Crippen molar-refractivity contribution >= 4 is 12.1 Å². The van der Waals surface area contributed by atoms with Crippen LogP contribution in [0.2, 0.25) is 0 Å². The average Bonchev–Trinajstić information content (AvgIpc) is 3.10. The number of nitrogens with zero attached hydrogens (tertiary/aromatic N) is 3. The Morgan fingerprint density at radius 1 is 1.21 bits per heavy atom. The van der Waals surface area contributed by atoms with E-state index in [1.54, 1.807) is 41.2 Å². The molecule has 0 aliphatic carbocycles. The van der Waals surface area contributed by atoms with Gasteiger partial charge in [-0.05, 0) is 53.6 Å². The van der Waals surface area contributed by atoms with Crippen LogP contribution in [0.25, 0.3) is 0 Å². The molecule has 2 aromatic carbocycles. The molecular weight excluding hydrogens is 304 g/mol. The summed E-state index contributed by atoms with van der Waals surface area (Å²) in [6.07, 6.45) is 5.11. The number of aromatic nitrogens is 2. The number of rotatable bonds is 5. The zero-order valence-corrected chi connectivity index (χ0v) is 12.8. The number of nitrogens with one attached hydrogen (secondary N) is 1. The minimum atomic E-state index is -0.285. The Labute approximate surface area is 139 Å². The molecule has 0 saturated carbocycles. The molecular formula is C18H16N4O2. The third-order valence-electron chi connectivity index (χ3n) is 3.37. The summed E-state index contributed by atoms with van der Waals surface area (Å²) in [5, 5.41) is 17.3. The highest BCUT2D eigenvalue weighted by Gasteiger charge is 2.05. The molecule has 0 bridgehead atoms. The van der Waals surface area contributed by atoms with Crippen molar-refractivity contribution in [3.05, 3.63) is 83.7 Å². The van der Waals surface area contributed by atoms with Crippen molar-refractivity contribution < 1.29 is 9.90 Å². The van der Waals surface area contributed by atoms with Gasteiger partial charge in [0.1, 0.15) is 5.75 Å². The molecule has 0 atom stereocenters. The van der Waals surface area contributed by atoms with Gasteiger partial charge in [-0.15, -0.1) is 0 Å². The summed E-state index contributed by atoms with van der Waals surface area (Å²) < 4.78 is 1.79. The lowest BCUT2D eigenvalue weighted by Gasteiger charge is -2.05. The lowest BCUT2D eigenvalue weighted by molar-refractivity contribution is 0.0955. The fraction of sp³-hybridized carbons (Fsp3) is 0.0556. The summed E-state index contributed by atoms with van der Waals surface area (Å²) in [5.74, 6) is -0.0995. The normalized spacial score (nSPS) is 10.8. The first-order chi connectivity index (χ1) is 11.7. The molecule has 6 nitrogen and oxygen atoms in total. The molecule has 0 spiro atoms. The predicted octanol–water partition coefficient (Wildman–Crippen LogP) is 2.40. The van der Waals surface area contributed by atoms with Crippen molar-refractivity contribution in [3.8, 4) is 5.75 Å². The minimum absolute atomic E-state index is 0.185. The van der Waals surface area contributed by atoms with Crippen molar-refractivity contribution in [2.24, 2.45) is 5.10 Å². The van der Waals surface area contributed by atoms with Gasteiger partial charge >= 0.3 is 0 Å². The van der Waals surface area contributed by atoms with Crippen molar-refractivity contribution in [2.75, 3.05) is 0 Å². The quantitative estimate of drug-likeness (QED) is 0.559. The molecule has 0 fully saturated rings. The van der Waals surface area contributed by atoms with Crippen LogP contribution in [0.4, 0.5) is 0 Å². The Morgan fingerprint density at radius 3 is 2.79 bits per heavy atom. The van der Waals surface area contributed by atoms with Crippen molar-refractivity contribution in [1.82, 2.24) is 15.2 Å². The summed E-state index contributed by atoms with van der Waals surface area (Å²) in [7, 11) is 0. The molecule has 1 amide bonds. The van der Waals surface area contributed by atoms with Gasteiger partial charge in [-0.25, -0.2) is 5.43 Å². The van der Waals surface area contributed by atoms with Gasteiger partial charge in [-0.3, -0.25) is 9.48 Å². The van der Waals surface area contributed by atoms with E-state index in [2.05, 4.69) is 15.6 Å². The van der Waals surface area contributed by atoms with Crippen molar-refractivity contribution in [1.29, 1.82) is 0 Å². The summed E-state index contributed by atoms with van der Waals surface area (Å²) in [6, 6.07) is 15.7. The highest BCUT2D eigenvalue weighted by Crippen LogP contribution is 2.08. The number of carbonyl (C=O) groups is 1. The number of benzene rings is 2. The average molecular weight is 320 g/mol. The Bertz CT molecular complexity index is 840. The summed E-state index contributed by atoms with van der Waals surface area (Å²) >= 11 is 0. The first-order valence-electron chi connectivity index (χ1n) is 7.39. The van der Waals surface area contributed by atoms with Crippen LogP contribution in [0.5, 0.6) is 5.75 Å². The lowest BCUT2D eigenvalue weighted by Crippen LogP contribution is -2.18. The number of phenols is 1. The van der Waals surface area contributed by atoms with E-state index in [1.807, 2.05) is 30.5 Å². The maximum atomic E-state index is 12.2. The topological polar surface area (TPSA) is 79.5 Å². The van der Waals surface area contributed by atoms with Crippen LogP contribution < -0.4 is 5.43 Å². The fourth-order valence-electron chi connectivity index (χ4n) is 2.18.